The number of rotatable bonds is 5. The Balaban J connectivity index is 0.00000256. The molecule has 4 rings (SSSR count). The minimum absolute atomic E-state index is 0. The molecule has 0 radical (unpaired) electrons. The van der Waals surface area contributed by atoms with E-state index in [0.717, 1.165) is 49.3 Å². The summed E-state index contributed by atoms with van der Waals surface area (Å²) in [7, 11) is 1.85. The standard InChI is InChI=1S/C23H30ClN5.HI/c1-17-6-7-21(26-15-17)29-12-8-20(9-13-29)28-22(25-2)27-16-23(10-11-23)18-4-3-5-19(24)14-18;/h3-7,14-15,20H,8-13,16H2,1-2H3,(H2,25,27,28);1H. The van der Waals surface area contributed by atoms with E-state index in [9.17, 15) is 0 Å². The van der Waals surface area contributed by atoms with Crippen LogP contribution in [0.4, 0.5) is 5.82 Å². The van der Waals surface area contributed by atoms with E-state index < -0.39 is 0 Å². The number of pyridine rings is 1. The summed E-state index contributed by atoms with van der Waals surface area (Å²) in [5, 5.41) is 7.98. The van der Waals surface area contributed by atoms with E-state index in [4.69, 9.17) is 11.6 Å². The first-order chi connectivity index (χ1) is 14.1. The molecule has 1 aliphatic carbocycles. The highest BCUT2D eigenvalue weighted by molar-refractivity contribution is 14.0. The molecule has 2 heterocycles. The van der Waals surface area contributed by atoms with Crippen LogP contribution in [0.25, 0.3) is 0 Å². The zero-order valence-corrected chi connectivity index (χ0v) is 20.8. The summed E-state index contributed by atoms with van der Waals surface area (Å²) < 4.78 is 0. The van der Waals surface area contributed by atoms with Crippen LogP contribution in [0.5, 0.6) is 0 Å². The number of anilines is 1. The maximum absolute atomic E-state index is 6.20. The molecule has 0 unspecified atom stereocenters. The van der Waals surface area contributed by atoms with Gasteiger partial charge >= 0.3 is 0 Å². The van der Waals surface area contributed by atoms with E-state index in [-0.39, 0.29) is 29.4 Å². The zero-order valence-electron chi connectivity index (χ0n) is 17.7. The summed E-state index contributed by atoms with van der Waals surface area (Å²) in [6, 6.07) is 13.0. The van der Waals surface area contributed by atoms with Crippen molar-refractivity contribution in [3.05, 3.63) is 58.7 Å². The highest BCUT2D eigenvalue weighted by Crippen LogP contribution is 2.48. The number of piperidine rings is 1. The molecule has 2 aromatic rings. The van der Waals surface area contributed by atoms with Crippen molar-refractivity contribution in [3.8, 4) is 0 Å². The summed E-state index contributed by atoms with van der Waals surface area (Å²) in [5.74, 6) is 1.97. The molecule has 7 heteroatoms. The summed E-state index contributed by atoms with van der Waals surface area (Å²) in [5.41, 5.74) is 2.72. The number of aromatic nitrogens is 1. The van der Waals surface area contributed by atoms with E-state index in [1.54, 1.807) is 0 Å². The first kappa shape index (κ1) is 23.1. The van der Waals surface area contributed by atoms with Crippen molar-refractivity contribution in [2.75, 3.05) is 31.6 Å². The Morgan fingerprint density at radius 2 is 2.00 bits per heavy atom. The van der Waals surface area contributed by atoms with Crippen LogP contribution in [0.1, 0.15) is 36.8 Å². The molecule has 1 aromatic carbocycles. The van der Waals surface area contributed by atoms with Gasteiger partial charge in [-0.3, -0.25) is 4.99 Å². The predicted octanol–water partition coefficient (Wildman–Crippen LogP) is 4.53. The third-order valence-corrected chi connectivity index (χ3v) is 6.40. The number of aliphatic imine (C=N–C) groups is 1. The SMILES string of the molecule is CN=C(NCC1(c2cccc(Cl)c2)CC1)NC1CCN(c2ccc(C)cn2)CC1.I. The molecule has 5 nitrogen and oxygen atoms in total. The lowest BCUT2D eigenvalue weighted by Gasteiger charge is -2.34. The van der Waals surface area contributed by atoms with E-state index >= 15 is 0 Å². The number of nitrogens with zero attached hydrogens (tertiary/aromatic N) is 3. The molecule has 1 aliphatic heterocycles. The van der Waals surface area contributed by atoms with Crippen LogP contribution in [-0.4, -0.2) is 43.7 Å². The smallest absolute Gasteiger partial charge is 0.191 e. The molecule has 0 spiro atoms. The van der Waals surface area contributed by atoms with Crippen molar-refractivity contribution in [1.29, 1.82) is 0 Å². The average molecular weight is 540 g/mol. The van der Waals surface area contributed by atoms with Crippen molar-refractivity contribution in [1.82, 2.24) is 15.6 Å². The first-order valence-electron chi connectivity index (χ1n) is 10.5. The fourth-order valence-corrected chi connectivity index (χ4v) is 4.27. The molecule has 2 aliphatic rings. The second-order valence-electron chi connectivity index (χ2n) is 8.32. The minimum atomic E-state index is 0. The van der Waals surface area contributed by atoms with Crippen LogP contribution < -0.4 is 15.5 Å². The Labute approximate surface area is 201 Å². The van der Waals surface area contributed by atoms with Gasteiger partial charge in [-0.05, 0) is 61.9 Å². The summed E-state index contributed by atoms with van der Waals surface area (Å²) in [6.07, 6.45) is 6.49. The number of nitrogens with one attached hydrogen (secondary N) is 2. The average Bonchev–Trinajstić information content (AvgIpc) is 3.53. The largest absolute Gasteiger partial charge is 0.356 e. The first-order valence-corrected chi connectivity index (χ1v) is 10.9. The Morgan fingerprint density at radius 3 is 2.60 bits per heavy atom. The van der Waals surface area contributed by atoms with Crippen molar-refractivity contribution in [2.45, 2.75) is 44.1 Å². The third kappa shape index (κ3) is 5.58. The highest BCUT2D eigenvalue weighted by Gasteiger charge is 2.44. The number of hydrogen-bond donors (Lipinski definition) is 2. The molecule has 30 heavy (non-hydrogen) atoms. The number of benzene rings is 1. The monoisotopic (exact) mass is 539 g/mol. The van der Waals surface area contributed by atoms with Crippen molar-refractivity contribution in [3.63, 3.8) is 0 Å². The maximum Gasteiger partial charge on any atom is 0.191 e. The topological polar surface area (TPSA) is 52.6 Å². The van der Waals surface area contributed by atoms with Gasteiger partial charge in [-0.2, -0.15) is 0 Å². The second kappa shape index (κ2) is 10.2. The van der Waals surface area contributed by atoms with Crippen LogP contribution in [0.2, 0.25) is 5.02 Å². The van der Waals surface area contributed by atoms with Crippen LogP contribution in [0.15, 0.2) is 47.6 Å². The van der Waals surface area contributed by atoms with Gasteiger partial charge in [-0.15, -0.1) is 24.0 Å². The Kier molecular flexibility index (Phi) is 7.85. The van der Waals surface area contributed by atoms with E-state index in [1.165, 1.54) is 24.0 Å². The minimum Gasteiger partial charge on any atom is -0.356 e. The lowest BCUT2D eigenvalue weighted by Crippen LogP contribution is -2.50. The van der Waals surface area contributed by atoms with Gasteiger partial charge in [0.15, 0.2) is 5.96 Å². The second-order valence-corrected chi connectivity index (χ2v) is 8.75. The van der Waals surface area contributed by atoms with Gasteiger partial charge in [0.1, 0.15) is 5.82 Å². The van der Waals surface area contributed by atoms with E-state index in [1.807, 2.05) is 25.4 Å². The fraction of sp³-hybridized carbons (Fsp3) is 0.478. The van der Waals surface area contributed by atoms with Crippen molar-refractivity contribution in [2.24, 2.45) is 4.99 Å². The summed E-state index contributed by atoms with van der Waals surface area (Å²) in [4.78, 5) is 11.4. The highest BCUT2D eigenvalue weighted by atomic mass is 127. The Morgan fingerprint density at radius 1 is 1.23 bits per heavy atom. The molecule has 1 saturated carbocycles. The van der Waals surface area contributed by atoms with Gasteiger partial charge in [-0.1, -0.05) is 29.8 Å². The molecule has 0 amide bonds. The van der Waals surface area contributed by atoms with E-state index in [2.05, 4.69) is 56.7 Å². The maximum atomic E-state index is 6.20. The lowest BCUT2D eigenvalue weighted by atomic mass is 9.96. The molecular formula is C23H31ClIN5. The molecule has 1 saturated heterocycles. The zero-order chi connectivity index (χ0) is 20.3. The quantitative estimate of drug-likeness (QED) is 0.333. The van der Waals surface area contributed by atoms with Gasteiger partial charge in [0.25, 0.3) is 0 Å². The number of hydrogen-bond acceptors (Lipinski definition) is 3. The van der Waals surface area contributed by atoms with Crippen molar-refractivity contribution < 1.29 is 0 Å². The molecular weight excluding hydrogens is 509 g/mol. The molecule has 162 valence electrons. The molecule has 0 bridgehead atoms. The Hall–Kier alpha value is -1.54. The van der Waals surface area contributed by atoms with Gasteiger partial charge in [-0.25, -0.2) is 4.98 Å². The Bertz CT molecular complexity index is 858. The molecule has 1 aromatic heterocycles. The van der Waals surface area contributed by atoms with Gasteiger partial charge in [0.2, 0.25) is 0 Å². The van der Waals surface area contributed by atoms with E-state index in [0.29, 0.717) is 6.04 Å². The third-order valence-electron chi connectivity index (χ3n) is 6.16. The number of guanidine groups is 1. The summed E-state index contributed by atoms with van der Waals surface area (Å²) in [6.45, 7) is 4.98. The van der Waals surface area contributed by atoms with Gasteiger partial charge in [0, 0.05) is 49.4 Å². The van der Waals surface area contributed by atoms with Gasteiger partial charge < -0.3 is 15.5 Å². The molecule has 2 N–H and O–H groups in total. The molecule has 0 atom stereocenters. The molecule has 2 fully saturated rings. The van der Waals surface area contributed by atoms with Crippen LogP contribution in [0.3, 0.4) is 0 Å². The van der Waals surface area contributed by atoms with Crippen LogP contribution in [0, 0.1) is 6.92 Å². The normalized spacial score (nSPS) is 18.5. The number of halogens is 2. The van der Waals surface area contributed by atoms with Crippen molar-refractivity contribution >= 4 is 47.4 Å². The fourth-order valence-electron chi connectivity index (χ4n) is 4.08. The van der Waals surface area contributed by atoms with Gasteiger partial charge in [0.05, 0.1) is 0 Å². The summed E-state index contributed by atoms with van der Waals surface area (Å²) >= 11 is 6.20. The predicted molar refractivity (Wildman–Crippen MR) is 136 cm³/mol. The van der Waals surface area contributed by atoms with Crippen LogP contribution in [-0.2, 0) is 5.41 Å². The van der Waals surface area contributed by atoms with Crippen LogP contribution >= 0.6 is 35.6 Å². The lowest BCUT2D eigenvalue weighted by molar-refractivity contribution is 0.458. The number of aryl methyl sites for hydroxylation is 1.